The molecule has 0 aliphatic heterocycles. The predicted octanol–water partition coefficient (Wildman–Crippen LogP) is 4.04. The summed E-state index contributed by atoms with van der Waals surface area (Å²) in [6.07, 6.45) is 1.99. The summed E-state index contributed by atoms with van der Waals surface area (Å²) >= 11 is 11.2. The summed E-state index contributed by atoms with van der Waals surface area (Å²) in [7, 11) is 0. The lowest BCUT2D eigenvalue weighted by Gasteiger charge is -2.14. The van der Waals surface area contributed by atoms with Crippen molar-refractivity contribution in [2.75, 3.05) is 0 Å². The minimum atomic E-state index is -0.567. The van der Waals surface area contributed by atoms with E-state index >= 15 is 0 Å². The van der Waals surface area contributed by atoms with Crippen LogP contribution in [0.2, 0.25) is 5.02 Å². The molecule has 0 bridgehead atoms. The molecule has 0 fully saturated rings. The molecule has 1 aromatic rings. The van der Waals surface area contributed by atoms with Gasteiger partial charge in [-0.15, -0.1) is 0 Å². The molecule has 1 atom stereocenters. The Kier molecular flexibility index (Phi) is 5.64. The first kappa shape index (κ1) is 13.3. The van der Waals surface area contributed by atoms with Crippen LogP contribution in [-0.2, 0) is 4.79 Å². The van der Waals surface area contributed by atoms with Crippen molar-refractivity contribution < 1.29 is 9.53 Å². The molecule has 0 aliphatic carbocycles. The average molecular weight is 261 g/mol. The van der Waals surface area contributed by atoms with E-state index in [-0.39, 0.29) is 0 Å². The highest BCUT2D eigenvalue weighted by atomic mass is 35.5. The summed E-state index contributed by atoms with van der Waals surface area (Å²) in [5, 5.41) is 0.179. The van der Waals surface area contributed by atoms with Gasteiger partial charge in [-0.2, -0.15) is 0 Å². The molecule has 88 valence electrons. The fourth-order valence-corrected chi connectivity index (χ4v) is 1.57. The molecule has 1 unspecified atom stereocenters. The normalized spacial score (nSPS) is 12.2. The molecule has 0 saturated heterocycles. The molecule has 2 nitrogen and oxygen atoms in total. The van der Waals surface area contributed by atoms with Gasteiger partial charge in [0.05, 0.1) is 0 Å². The fraction of sp³-hybridized carbons (Fsp3) is 0.417. The van der Waals surface area contributed by atoms with Gasteiger partial charge in [0, 0.05) is 5.02 Å². The van der Waals surface area contributed by atoms with E-state index in [1.54, 1.807) is 24.3 Å². The van der Waals surface area contributed by atoms with E-state index in [1.165, 1.54) is 0 Å². The summed E-state index contributed by atoms with van der Waals surface area (Å²) in [5.74, 6) is 0.611. The molecular formula is C12H14Cl2O2. The number of carbonyl (C=O) groups excluding carboxylic acids is 1. The first-order chi connectivity index (χ1) is 7.63. The maximum atomic E-state index is 11.1. The number of carbonyl (C=O) groups is 1. The first-order valence-electron chi connectivity index (χ1n) is 5.25. The monoisotopic (exact) mass is 260 g/mol. The highest BCUT2D eigenvalue weighted by Gasteiger charge is 2.17. The van der Waals surface area contributed by atoms with Crippen LogP contribution in [-0.4, -0.2) is 11.3 Å². The van der Waals surface area contributed by atoms with Crippen LogP contribution in [0.5, 0.6) is 5.75 Å². The minimum absolute atomic E-state index is 0.455. The zero-order valence-electron chi connectivity index (χ0n) is 9.08. The fourth-order valence-electron chi connectivity index (χ4n) is 1.29. The molecule has 0 spiro atoms. The van der Waals surface area contributed by atoms with Gasteiger partial charge in [0.25, 0.3) is 5.24 Å². The zero-order valence-corrected chi connectivity index (χ0v) is 10.6. The lowest BCUT2D eigenvalue weighted by molar-refractivity contribution is -0.118. The van der Waals surface area contributed by atoms with Crippen molar-refractivity contribution in [1.29, 1.82) is 0 Å². The Morgan fingerprint density at radius 1 is 1.38 bits per heavy atom. The number of unbranched alkanes of at least 4 members (excludes halogenated alkanes) is 1. The van der Waals surface area contributed by atoms with Crippen LogP contribution in [0.3, 0.4) is 0 Å². The molecule has 4 heteroatoms. The van der Waals surface area contributed by atoms with Crippen molar-refractivity contribution in [2.45, 2.75) is 32.3 Å². The second kappa shape index (κ2) is 6.77. The number of halogens is 2. The SMILES string of the molecule is CCCCC(Oc1ccc(Cl)cc1)C(=O)Cl. The Labute approximate surface area is 106 Å². The van der Waals surface area contributed by atoms with Crippen molar-refractivity contribution in [3.8, 4) is 5.75 Å². The Morgan fingerprint density at radius 2 is 2.00 bits per heavy atom. The topological polar surface area (TPSA) is 26.3 Å². The Bertz CT molecular complexity index is 335. The summed E-state index contributed by atoms with van der Waals surface area (Å²) in [6.45, 7) is 2.05. The molecular weight excluding hydrogens is 247 g/mol. The molecule has 0 saturated carbocycles. The first-order valence-corrected chi connectivity index (χ1v) is 6.00. The van der Waals surface area contributed by atoms with E-state index < -0.39 is 11.3 Å². The van der Waals surface area contributed by atoms with E-state index in [0.29, 0.717) is 17.2 Å². The lowest BCUT2D eigenvalue weighted by Crippen LogP contribution is -2.23. The summed E-state index contributed by atoms with van der Waals surface area (Å²) in [5.41, 5.74) is 0. The van der Waals surface area contributed by atoms with Gasteiger partial charge < -0.3 is 4.74 Å². The van der Waals surface area contributed by atoms with Gasteiger partial charge in [0.2, 0.25) is 0 Å². The summed E-state index contributed by atoms with van der Waals surface area (Å²) < 4.78 is 5.49. The van der Waals surface area contributed by atoms with Gasteiger partial charge in [-0.1, -0.05) is 24.9 Å². The van der Waals surface area contributed by atoms with E-state index in [0.717, 1.165) is 12.8 Å². The Hall–Kier alpha value is -0.730. The number of benzene rings is 1. The van der Waals surface area contributed by atoms with Crippen LogP contribution < -0.4 is 4.74 Å². The number of hydrogen-bond donors (Lipinski definition) is 0. The smallest absolute Gasteiger partial charge is 0.262 e. The minimum Gasteiger partial charge on any atom is -0.481 e. The molecule has 0 radical (unpaired) electrons. The number of ether oxygens (including phenoxy) is 1. The molecule has 0 aliphatic rings. The molecule has 0 heterocycles. The van der Waals surface area contributed by atoms with Crippen LogP contribution >= 0.6 is 23.2 Å². The Balaban J connectivity index is 2.60. The second-order valence-corrected chi connectivity index (χ2v) is 4.32. The lowest BCUT2D eigenvalue weighted by atomic mass is 10.2. The molecule has 16 heavy (non-hydrogen) atoms. The third kappa shape index (κ3) is 4.42. The predicted molar refractivity (Wildman–Crippen MR) is 66.3 cm³/mol. The maximum Gasteiger partial charge on any atom is 0.262 e. The third-order valence-electron chi connectivity index (χ3n) is 2.16. The van der Waals surface area contributed by atoms with Gasteiger partial charge in [0.1, 0.15) is 5.75 Å². The van der Waals surface area contributed by atoms with Crippen LogP contribution in [0, 0.1) is 0 Å². The Morgan fingerprint density at radius 3 is 2.50 bits per heavy atom. The van der Waals surface area contributed by atoms with E-state index in [1.807, 2.05) is 0 Å². The van der Waals surface area contributed by atoms with Gasteiger partial charge in [0.15, 0.2) is 6.10 Å². The molecule has 0 amide bonds. The second-order valence-electron chi connectivity index (χ2n) is 3.51. The standard InChI is InChI=1S/C12H14Cl2O2/c1-2-3-4-11(12(14)15)16-10-7-5-9(13)6-8-10/h5-8,11H,2-4H2,1H3. The van der Waals surface area contributed by atoms with Gasteiger partial charge in [-0.25, -0.2) is 0 Å². The number of hydrogen-bond acceptors (Lipinski definition) is 2. The van der Waals surface area contributed by atoms with E-state index in [2.05, 4.69) is 6.92 Å². The van der Waals surface area contributed by atoms with E-state index in [9.17, 15) is 4.79 Å². The maximum absolute atomic E-state index is 11.1. The third-order valence-corrected chi connectivity index (χ3v) is 2.66. The summed E-state index contributed by atoms with van der Waals surface area (Å²) in [6, 6.07) is 6.88. The van der Waals surface area contributed by atoms with Gasteiger partial charge >= 0.3 is 0 Å². The molecule has 0 N–H and O–H groups in total. The van der Waals surface area contributed by atoms with Crippen molar-refractivity contribution in [1.82, 2.24) is 0 Å². The zero-order chi connectivity index (χ0) is 12.0. The quantitative estimate of drug-likeness (QED) is 0.722. The number of rotatable bonds is 6. The van der Waals surface area contributed by atoms with Crippen molar-refractivity contribution in [2.24, 2.45) is 0 Å². The highest BCUT2D eigenvalue weighted by molar-refractivity contribution is 6.64. The molecule has 0 aromatic heterocycles. The highest BCUT2D eigenvalue weighted by Crippen LogP contribution is 2.19. The van der Waals surface area contributed by atoms with Crippen LogP contribution in [0.4, 0.5) is 0 Å². The summed E-state index contributed by atoms with van der Waals surface area (Å²) in [4.78, 5) is 11.1. The largest absolute Gasteiger partial charge is 0.481 e. The van der Waals surface area contributed by atoms with Crippen LogP contribution in [0.25, 0.3) is 0 Å². The molecule has 1 aromatic carbocycles. The van der Waals surface area contributed by atoms with Gasteiger partial charge in [-0.3, -0.25) is 4.79 Å². The van der Waals surface area contributed by atoms with Gasteiger partial charge in [-0.05, 0) is 48.7 Å². The van der Waals surface area contributed by atoms with Crippen molar-refractivity contribution in [3.63, 3.8) is 0 Å². The van der Waals surface area contributed by atoms with Crippen LogP contribution in [0.15, 0.2) is 24.3 Å². The molecule has 1 rings (SSSR count). The average Bonchev–Trinajstić information content (AvgIpc) is 2.26. The van der Waals surface area contributed by atoms with Crippen molar-refractivity contribution in [3.05, 3.63) is 29.3 Å². The van der Waals surface area contributed by atoms with Crippen LogP contribution in [0.1, 0.15) is 26.2 Å². The van der Waals surface area contributed by atoms with Crippen molar-refractivity contribution >= 4 is 28.4 Å². The van der Waals surface area contributed by atoms with E-state index in [4.69, 9.17) is 27.9 Å².